The molecule has 3 nitrogen and oxygen atoms in total. The van der Waals surface area contributed by atoms with E-state index in [0.717, 1.165) is 25.3 Å². The number of hydrogen-bond donors (Lipinski definition) is 1. The van der Waals surface area contributed by atoms with Gasteiger partial charge in [0.15, 0.2) is 0 Å². The quantitative estimate of drug-likeness (QED) is 0.872. The van der Waals surface area contributed by atoms with Gasteiger partial charge in [-0.2, -0.15) is 0 Å². The summed E-state index contributed by atoms with van der Waals surface area (Å²) in [5, 5.41) is 0. The van der Waals surface area contributed by atoms with Crippen LogP contribution >= 0.6 is 0 Å². The minimum Gasteiger partial charge on any atom is -0.491 e. The lowest BCUT2D eigenvalue weighted by molar-refractivity contribution is 0.242. The average molecular weight is 234 g/mol. The number of nitrogens with zero attached hydrogens (tertiary/aromatic N) is 1. The Morgan fingerprint density at radius 2 is 1.94 bits per heavy atom. The maximum absolute atomic E-state index is 6.13. The van der Waals surface area contributed by atoms with Crippen molar-refractivity contribution in [3.05, 3.63) is 24.3 Å². The Morgan fingerprint density at radius 1 is 1.29 bits per heavy atom. The summed E-state index contributed by atoms with van der Waals surface area (Å²) >= 11 is 0. The van der Waals surface area contributed by atoms with Gasteiger partial charge in [-0.1, -0.05) is 0 Å². The maximum Gasteiger partial charge on any atom is 0.119 e. The Labute approximate surface area is 104 Å². The summed E-state index contributed by atoms with van der Waals surface area (Å²) in [5.41, 5.74) is 7.32. The SMILES string of the molecule is CC(C)Oc1ccc(N2CCC(C)(N)C2)cc1. The predicted molar refractivity (Wildman–Crippen MR) is 71.6 cm³/mol. The van der Waals surface area contributed by atoms with Crippen molar-refractivity contribution < 1.29 is 4.74 Å². The Kier molecular flexibility index (Phi) is 3.29. The summed E-state index contributed by atoms with van der Waals surface area (Å²) in [4.78, 5) is 2.33. The highest BCUT2D eigenvalue weighted by Crippen LogP contribution is 2.26. The van der Waals surface area contributed by atoms with Crippen LogP contribution in [0.3, 0.4) is 0 Å². The number of hydrogen-bond acceptors (Lipinski definition) is 3. The zero-order valence-electron chi connectivity index (χ0n) is 10.9. The predicted octanol–water partition coefficient (Wildman–Crippen LogP) is 2.40. The van der Waals surface area contributed by atoms with E-state index in [0.29, 0.717) is 0 Å². The lowest BCUT2D eigenvalue weighted by Gasteiger charge is -2.22. The van der Waals surface area contributed by atoms with Crippen LogP contribution in [0.4, 0.5) is 5.69 Å². The first kappa shape index (κ1) is 12.2. The van der Waals surface area contributed by atoms with Crippen LogP contribution in [-0.2, 0) is 0 Å². The van der Waals surface area contributed by atoms with Gasteiger partial charge >= 0.3 is 0 Å². The molecule has 1 saturated heterocycles. The van der Waals surface area contributed by atoms with Crippen molar-refractivity contribution in [3.8, 4) is 5.75 Å². The van der Waals surface area contributed by atoms with Gasteiger partial charge in [0.2, 0.25) is 0 Å². The van der Waals surface area contributed by atoms with E-state index in [1.165, 1.54) is 5.69 Å². The van der Waals surface area contributed by atoms with Crippen LogP contribution in [0.1, 0.15) is 27.2 Å². The highest BCUT2D eigenvalue weighted by Gasteiger charge is 2.29. The summed E-state index contributed by atoms with van der Waals surface area (Å²) < 4.78 is 5.63. The van der Waals surface area contributed by atoms with Crippen LogP contribution < -0.4 is 15.4 Å². The van der Waals surface area contributed by atoms with Crippen LogP contribution in [0.15, 0.2) is 24.3 Å². The highest BCUT2D eigenvalue weighted by molar-refractivity contribution is 5.50. The molecule has 2 N–H and O–H groups in total. The van der Waals surface area contributed by atoms with E-state index in [-0.39, 0.29) is 11.6 Å². The van der Waals surface area contributed by atoms with E-state index in [2.05, 4.69) is 24.0 Å². The van der Waals surface area contributed by atoms with Gasteiger partial charge in [-0.15, -0.1) is 0 Å². The number of rotatable bonds is 3. The molecule has 0 spiro atoms. The first-order valence-electron chi connectivity index (χ1n) is 6.27. The largest absolute Gasteiger partial charge is 0.491 e. The second kappa shape index (κ2) is 4.57. The number of nitrogens with two attached hydrogens (primary N) is 1. The van der Waals surface area contributed by atoms with E-state index in [4.69, 9.17) is 10.5 Å². The fraction of sp³-hybridized carbons (Fsp3) is 0.571. The molecule has 1 atom stereocenters. The molecule has 94 valence electrons. The molecule has 2 rings (SSSR count). The molecule has 0 bridgehead atoms. The number of anilines is 1. The van der Waals surface area contributed by atoms with Crippen molar-refractivity contribution in [2.75, 3.05) is 18.0 Å². The van der Waals surface area contributed by atoms with Crippen molar-refractivity contribution in [1.82, 2.24) is 0 Å². The van der Waals surface area contributed by atoms with Crippen molar-refractivity contribution in [2.45, 2.75) is 38.8 Å². The molecule has 1 unspecified atom stereocenters. The minimum atomic E-state index is -0.0485. The molecule has 1 heterocycles. The Balaban J connectivity index is 2.03. The van der Waals surface area contributed by atoms with E-state index in [1.54, 1.807) is 0 Å². The second-order valence-corrected chi connectivity index (χ2v) is 5.49. The molecule has 3 heteroatoms. The van der Waals surface area contributed by atoms with Gasteiger partial charge in [0.1, 0.15) is 5.75 Å². The molecule has 0 aliphatic carbocycles. The van der Waals surface area contributed by atoms with Crippen molar-refractivity contribution in [2.24, 2.45) is 5.73 Å². The molecule has 0 radical (unpaired) electrons. The van der Waals surface area contributed by atoms with Gasteiger partial charge in [-0.25, -0.2) is 0 Å². The first-order chi connectivity index (χ1) is 7.96. The van der Waals surface area contributed by atoms with E-state index < -0.39 is 0 Å². The van der Waals surface area contributed by atoms with Crippen molar-refractivity contribution in [1.29, 1.82) is 0 Å². The van der Waals surface area contributed by atoms with E-state index in [1.807, 2.05) is 26.0 Å². The zero-order valence-corrected chi connectivity index (χ0v) is 10.9. The Bertz CT molecular complexity index is 370. The molecule has 1 aliphatic rings. The molecular formula is C14H22N2O. The van der Waals surface area contributed by atoms with E-state index in [9.17, 15) is 0 Å². The van der Waals surface area contributed by atoms with Crippen molar-refractivity contribution in [3.63, 3.8) is 0 Å². The fourth-order valence-electron chi connectivity index (χ4n) is 2.21. The monoisotopic (exact) mass is 234 g/mol. The normalized spacial score (nSPS) is 24.4. The summed E-state index contributed by atoms with van der Waals surface area (Å²) in [6, 6.07) is 8.28. The van der Waals surface area contributed by atoms with Crippen LogP contribution in [0.25, 0.3) is 0 Å². The molecular weight excluding hydrogens is 212 g/mol. The molecule has 1 aromatic carbocycles. The summed E-state index contributed by atoms with van der Waals surface area (Å²) in [6.45, 7) is 8.15. The smallest absolute Gasteiger partial charge is 0.119 e. The second-order valence-electron chi connectivity index (χ2n) is 5.49. The van der Waals surface area contributed by atoms with Gasteiger partial charge in [0, 0.05) is 24.3 Å². The van der Waals surface area contributed by atoms with Gasteiger partial charge in [0.25, 0.3) is 0 Å². The number of benzene rings is 1. The number of ether oxygens (including phenoxy) is 1. The topological polar surface area (TPSA) is 38.5 Å². The fourth-order valence-corrected chi connectivity index (χ4v) is 2.21. The molecule has 17 heavy (non-hydrogen) atoms. The highest BCUT2D eigenvalue weighted by atomic mass is 16.5. The Morgan fingerprint density at radius 3 is 2.41 bits per heavy atom. The van der Waals surface area contributed by atoms with Gasteiger partial charge < -0.3 is 15.4 Å². The average Bonchev–Trinajstić information content (AvgIpc) is 2.59. The molecule has 1 aliphatic heterocycles. The first-order valence-corrected chi connectivity index (χ1v) is 6.27. The lowest BCUT2D eigenvalue weighted by atomic mass is 10.0. The van der Waals surface area contributed by atoms with Gasteiger partial charge in [-0.3, -0.25) is 0 Å². The van der Waals surface area contributed by atoms with Gasteiger partial charge in [0.05, 0.1) is 6.10 Å². The Hall–Kier alpha value is -1.22. The molecule has 0 amide bonds. The third-order valence-electron chi connectivity index (χ3n) is 3.08. The standard InChI is InChI=1S/C14H22N2O/c1-11(2)17-13-6-4-12(5-7-13)16-9-8-14(3,15)10-16/h4-7,11H,8-10,15H2,1-3H3. The third kappa shape index (κ3) is 3.13. The minimum absolute atomic E-state index is 0.0485. The summed E-state index contributed by atoms with van der Waals surface area (Å²) in [7, 11) is 0. The van der Waals surface area contributed by atoms with Crippen LogP contribution in [0.2, 0.25) is 0 Å². The van der Waals surface area contributed by atoms with Crippen LogP contribution in [0, 0.1) is 0 Å². The van der Waals surface area contributed by atoms with Crippen LogP contribution in [0.5, 0.6) is 5.75 Å². The summed E-state index contributed by atoms with van der Waals surface area (Å²) in [6.07, 6.45) is 1.28. The summed E-state index contributed by atoms with van der Waals surface area (Å²) in [5.74, 6) is 0.929. The lowest BCUT2D eigenvalue weighted by Crippen LogP contribution is -2.39. The molecule has 1 fully saturated rings. The van der Waals surface area contributed by atoms with E-state index >= 15 is 0 Å². The maximum atomic E-state index is 6.13. The third-order valence-corrected chi connectivity index (χ3v) is 3.08. The van der Waals surface area contributed by atoms with Crippen molar-refractivity contribution >= 4 is 5.69 Å². The zero-order chi connectivity index (χ0) is 12.5. The molecule has 1 aromatic rings. The molecule has 0 aromatic heterocycles. The van der Waals surface area contributed by atoms with Crippen LogP contribution in [-0.4, -0.2) is 24.7 Å². The van der Waals surface area contributed by atoms with Gasteiger partial charge in [-0.05, 0) is 51.5 Å². The molecule has 0 saturated carbocycles.